The van der Waals surface area contributed by atoms with Crippen molar-refractivity contribution in [3.63, 3.8) is 0 Å². The second kappa shape index (κ2) is 10.3. The molecule has 0 spiro atoms. The summed E-state index contributed by atoms with van der Waals surface area (Å²) in [5, 5.41) is 0. The molecule has 1 aliphatic heterocycles. The molecule has 152 valence electrons. The topological polar surface area (TPSA) is 34.2 Å². The smallest absolute Gasteiger partial charge is 0.160 e. The van der Waals surface area contributed by atoms with Crippen molar-refractivity contribution >= 4 is 0 Å². The average molecular weight is 388 g/mol. The molecule has 1 heterocycles. The number of nitrogens with zero attached hydrogens (tertiary/aromatic N) is 2. The van der Waals surface area contributed by atoms with Gasteiger partial charge in [-0.15, -0.1) is 0 Å². The van der Waals surface area contributed by atoms with Crippen molar-refractivity contribution in [1.82, 2.24) is 9.80 Å². The van der Waals surface area contributed by atoms with Gasteiger partial charge >= 0.3 is 0 Å². The Morgan fingerprint density at radius 3 is 2.11 bits per heavy atom. The number of methoxy groups -OCH3 is 2. The van der Waals surface area contributed by atoms with Gasteiger partial charge in [-0.3, -0.25) is 4.90 Å². The zero-order chi connectivity index (χ0) is 19.8. The molecular formula is C22H29FN2O3. The van der Waals surface area contributed by atoms with Gasteiger partial charge in [0.2, 0.25) is 0 Å². The molecule has 28 heavy (non-hydrogen) atoms. The largest absolute Gasteiger partial charge is 0.493 e. The van der Waals surface area contributed by atoms with Crippen molar-refractivity contribution in [3.05, 3.63) is 53.8 Å². The molecule has 6 heteroatoms. The summed E-state index contributed by atoms with van der Waals surface area (Å²) in [4.78, 5) is 4.91. The lowest BCUT2D eigenvalue weighted by atomic mass is 10.1. The lowest BCUT2D eigenvalue weighted by molar-refractivity contribution is 0.118. The van der Waals surface area contributed by atoms with Crippen molar-refractivity contribution in [2.45, 2.75) is 6.42 Å². The predicted molar refractivity (Wildman–Crippen MR) is 108 cm³/mol. The zero-order valence-electron chi connectivity index (χ0n) is 16.7. The number of rotatable bonds is 9. The summed E-state index contributed by atoms with van der Waals surface area (Å²) in [6, 6.07) is 12.3. The van der Waals surface area contributed by atoms with Crippen LogP contribution in [-0.4, -0.2) is 69.9 Å². The number of hydrogen-bond acceptors (Lipinski definition) is 5. The van der Waals surface area contributed by atoms with Crippen LogP contribution in [-0.2, 0) is 6.42 Å². The molecule has 0 amide bonds. The lowest BCUT2D eigenvalue weighted by Gasteiger charge is -2.34. The summed E-state index contributed by atoms with van der Waals surface area (Å²) < 4.78 is 29.3. The number of halogens is 1. The lowest BCUT2D eigenvalue weighted by Crippen LogP contribution is -2.47. The third-order valence-electron chi connectivity index (χ3n) is 5.12. The number of benzene rings is 2. The summed E-state index contributed by atoms with van der Waals surface area (Å²) in [5.74, 6) is 2.03. The first kappa shape index (κ1) is 20.4. The SMILES string of the molecule is COc1ccc(CCN2CCN(CCOc3ccc(F)cc3)CC2)cc1OC. The molecule has 5 nitrogen and oxygen atoms in total. The second-order valence-corrected chi connectivity index (χ2v) is 6.92. The fourth-order valence-corrected chi connectivity index (χ4v) is 3.38. The Labute approximate surface area is 166 Å². The maximum absolute atomic E-state index is 12.9. The quantitative estimate of drug-likeness (QED) is 0.660. The van der Waals surface area contributed by atoms with Gasteiger partial charge in [0.1, 0.15) is 18.2 Å². The van der Waals surface area contributed by atoms with E-state index in [4.69, 9.17) is 14.2 Å². The molecule has 2 aromatic carbocycles. The van der Waals surface area contributed by atoms with Crippen LogP contribution in [0.4, 0.5) is 4.39 Å². The van der Waals surface area contributed by atoms with Gasteiger partial charge in [0.05, 0.1) is 14.2 Å². The summed E-state index contributed by atoms with van der Waals surface area (Å²) in [6.07, 6.45) is 0.994. The molecule has 0 bridgehead atoms. The predicted octanol–water partition coefficient (Wildman–Crippen LogP) is 3.08. The Morgan fingerprint density at radius 1 is 0.821 bits per heavy atom. The minimum atomic E-state index is -0.239. The molecule has 1 saturated heterocycles. The highest BCUT2D eigenvalue weighted by Gasteiger charge is 2.16. The van der Waals surface area contributed by atoms with E-state index in [1.54, 1.807) is 26.4 Å². The zero-order valence-corrected chi connectivity index (χ0v) is 16.7. The van der Waals surface area contributed by atoms with Crippen LogP contribution in [0.2, 0.25) is 0 Å². The first-order chi connectivity index (χ1) is 13.7. The Morgan fingerprint density at radius 2 is 1.46 bits per heavy atom. The van der Waals surface area contributed by atoms with E-state index in [-0.39, 0.29) is 5.82 Å². The van der Waals surface area contributed by atoms with Gasteiger partial charge in [-0.05, 0) is 48.4 Å². The molecule has 0 N–H and O–H groups in total. The normalized spacial score (nSPS) is 15.4. The highest BCUT2D eigenvalue weighted by molar-refractivity contribution is 5.42. The van der Waals surface area contributed by atoms with E-state index < -0.39 is 0 Å². The van der Waals surface area contributed by atoms with Crippen LogP contribution < -0.4 is 14.2 Å². The van der Waals surface area contributed by atoms with Crippen LogP contribution in [0, 0.1) is 5.82 Å². The monoisotopic (exact) mass is 388 g/mol. The first-order valence-corrected chi connectivity index (χ1v) is 9.72. The van der Waals surface area contributed by atoms with Gasteiger partial charge in [0, 0.05) is 39.3 Å². The molecule has 3 rings (SSSR count). The van der Waals surface area contributed by atoms with Crippen LogP contribution in [0.5, 0.6) is 17.2 Å². The van der Waals surface area contributed by atoms with Crippen LogP contribution in [0.25, 0.3) is 0 Å². The second-order valence-electron chi connectivity index (χ2n) is 6.92. The summed E-state index contributed by atoms with van der Waals surface area (Å²) in [6.45, 7) is 6.75. The molecule has 0 aromatic heterocycles. The fraction of sp³-hybridized carbons (Fsp3) is 0.455. The standard InChI is InChI=1S/C22H29FN2O3/c1-26-21-8-3-18(17-22(21)27-2)9-10-24-11-13-25(14-12-24)15-16-28-20-6-4-19(23)5-7-20/h3-8,17H,9-16H2,1-2H3. The van der Waals surface area contributed by atoms with Gasteiger partial charge in [0.25, 0.3) is 0 Å². The Kier molecular flexibility index (Phi) is 7.51. The van der Waals surface area contributed by atoms with Crippen molar-refractivity contribution in [3.8, 4) is 17.2 Å². The molecule has 0 atom stereocenters. The molecule has 0 saturated carbocycles. The van der Waals surface area contributed by atoms with E-state index in [1.165, 1.54) is 17.7 Å². The van der Waals surface area contributed by atoms with E-state index in [9.17, 15) is 4.39 Å². The van der Waals surface area contributed by atoms with Crippen LogP contribution in [0.3, 0.4) is 0 Å². The van der Waals surface area contributed by atoms with Gasteiger partial charge < -0.3 is 19.1 Å². The van der Waals surface area contributed by atoms with Gasteiger partial charge in [-0.2, -0.15) is 0 Å². The van der Waals surface area contributed by atoms with Crippen molar-refractivity contribution in [1.29, 1.82) is 0 Å². The van der Waals surface area contributed by atoms with Crippen molar-refractivity contribution in [2.75, 3.05) is 60.1 Å². The molecule has 1 aliphatic rings. The maximum atomic E-state index is 12.9. The van der Waals surface area contributed by atoms with Crippen LogP contribution in [0.1, 0.15) is 5.56 Å². The Hall–Kier alpha value is -2.31. The van der Waals surface area contributed by atoms with Gasteiger partial charge in [-0.1, -0.05) is 6.07 Å². The number of piperazine rings is 1. The molecule has 0 unspecified atom stereocenters. The molecule has 2 aromatic rings. The Balaban J connectivity index is 1.35. The first-order valence-electron chi connectivity index (χ1n) is 9.72. The number of ether oxygens (including phenoxy) is 3. The molecule has 0 radical (unpaired) electrons. The summed E-state index contributed by atoms with van der Waals surface area (Å²) in [5.41, 5.74) is 1.26. The number of hydrogen-bond donors (Lipinski definition) is 0. The molecule has 0 aliphatic carbocycles. The average Bonchev–Trinajstić information content (AvgIpc) is 2.74. The van der Waals surface area contributed by atoms with Crippen LogP contribution in [0.15, 0.2) is 42.5 Å². The van der Waals surface area contributed by atoms with E-state index >= 15 is 0 Å². The summed E-state index contributed by atoms with van der Waals surface area (Å²) >= 11 is 0. The van der Waals surface area contributed by atoms with Crippen molar-refractivity contribution in [2.24, 2.45) is 0 Å². The third kappa shape index (κ3) is 5.84. The van der Waals surface area contributed by atoms with Crippen molar-refractivity contribution < 1.29 is 18.6 Å². The summed E-state index contributed by atoms with van der Waals surface area (Å²) in [7, 11) is 3.32. The highest BCUT2D eigenvalue weighted by atomic mass is 19.1. The molecular weight excluding hydrogens is 359 g/mol. The highest BCUT2D eigenvalue weighted by Crippen LogP contribution is 2.27. The van der Waals surface area contributed by atoms with E-state index in [0.717, 1.165) is 62.9 Å². The third-order valence-corrected chi connectivity index (χ3v) is 5.12. The van der Waals surface area contributed by atoms with Gasteiger partial charge in [-0.25, -0.2) is 4.39 Å². The Bertz CT molecular complexity index is 731. The van der Waals surface area contributed by atoms with E-state index in [0.29, 0.717) is 6.61 Å². The molecule has 1 fully saturated rings. The van der Waals surface area contributed by atoms with E-state index in [1.807, 2.05) is 6.07 Å². The van der Waals surface area contributed by atoms with E-state index in [2.05, 4.69) is 21.9 Å². The van der Waals surface area contributed by atoms with Crippen LogP contribution >= 0.6 is 0 Å². The maximum Gasteiger partial charge on any atom is 0.160 e. The van der Waals surface area contributed by atoms with Gasteiger partial charge in [0.15, 0.2) is 11.5 Å². The minimum absolute atomic E-state index is 0.239. The minimum Gasteiger partial charge on any atom is -0.493 e. The fourth-order valence-electron chi connectivity index (χ4n) is 3.38.